The smallest absolute Gasteiger partial charge is 0.407 e. The first-order chi connectivity index (χ1) is 27.9. The van der Waals surface area contributed by atoms with Crippen LogP contribution in [-0.2, 0) is 19.1 Å². The number of nitrogens with zero attached hydrogens (tertiary/aromatic N) is 4. The highest BCUT2D eigenvalue weighted by Crippen LogP contribution is 2.36. The fourth-order valence-corrected chi connectivity index (χ4v) is 8.43. The molecule has 2 aliphatic rings. The maximum Gasteiger partial charge on any atom is 0.407 e. The van der Waals surface area contributed by atoms with Crippen molar-refractivity contribution in [1.82, 2.24) is 40.4 Å². The van der Waals surface area contributed by atoms with Crippen LogP contribution in [0.15, 0.2) is 60.8 Å². The molecule has 4 atom stereocenters. The van der Waals surface area contributed by atoms with Crippen LogP contribution in [0.1, 0.15) is 90.0 Å². The summed E-state index contributed by atoms with van der Waals surface area (Å²) >= 11 is 0. The van der Waals surface area contributed by atoms with Crippen molar-refractivity contribution in [1.29, 1.82) is 0 Å². The number of H-pyrrole nitrogens is 2. The summed E-state index contributed by atoms with van der Waals surface area (Å²) in [5.74, 6) is 1.64. The van der Waals surface area contributed by atoms with Gasteiger partial charge in [0, 0.05) is 18.7 Å². The number of benzene rings is 3. The number of alkyl carbamates (subject to hydrolysis) is 2. The molecule has 2 aromatic heterocycles. The van der Waals surface area contributed by atoms with Crippen molar-refractivity contribution in [3.63, 3.8) is 0 Å². The average molecular weight is 791 g/mol. The number of rotatable bonds is 12. The number of aromatic amines is 2. The Labute approximate surface area is 338 Å². The summed E-state index contributed by atoms with van der Waals surface area (Å²) in [6.07, 6.45) is 4.89. The molecule has 0 saturated carbocycles. The summed E-state index contributed by atoms with van der Waals surface area (Å²) in [4.78, 5) is 71.9. The van der Waals surface area contributed by atoms with E-state index in [9.17, 15) is 19.2 Å². The third-order valence-corrected chi connectivity index (χ3v) is 11.2. The predicted molar refractivity (Wildman–Crippen MR) is 222 cm³/mol. The van der Waals surface area contributed by atoms with Crippen LogP contribution in [0.4, 0.5) is 9.59 Å². The van der Waals surface area contributed by atoms with E-state index in [1.807, 2.05) is 49.8 Å². The summed E-state index contributed by atoms with van der Waals surface area (Å²) in [5.41, 5.74) is 5.67. The Hall–Kier alpha value is -5.92. The Morgan fingerprint density at radius 3 is 1.79 bits per heavy atom. The lowest BCUT2D eigenvalue weighted by atomic mass is 9.99. The lowest BCUT2D eigenvalue weighted by Crippen LogP contribution is -2.49. The molecule has 0 bridgehead atoms. The predicted octanol–water partition coefficient (Wildman–Crippen LogP) is 7.64. The third-order valence-electron chi connectivity index (χ3n) is 11.2. The minimum atomic E-state index is -0.670. The van der Waals surface area contributed by atoms with E-state index in [1.165, 1.54) is 14.2 Å². The number of hydrogen-bond acceptors (Lipinski definition) is 8. The Morgan fingerprint density at radius 1 is 0.707 bits per heavy atom. The van der Waals surface area contributed by atoms with Gasteiger partial charge in [-0.25, -0.2) is 19.6 Å². The first-order valence-corrected chi connectivity index (χ1v) is 20.3. The fraction of sp³-hybridized carbons (Fsp3) is 0.455. The van der Waals surface area contributed by atoms with E-state index in [2.05, 4.69) is 69.1 Å². The number of imidazole rings is 2. The van der Waals surface area contributed by atoms with Gasteiger partial charge in [-0.1, -0.05) is 58.0 Å². The molecule has 2 aliphatic heterocycles. The van der Waals surface area contributed by atoms with Crippen molar-refractivity contribution in [2.75, 3.05) is 27.3 Å². The van der Waals surface area contributed by atoms with Crippen molar-refractivity contribution in [3.8, 4) is 22.4 Å². The lowest BCUT2D eigenvalue weighted by molar-refractivity contribution is -0.135. The second-order valence-corrected chi connectivity index (χ2v) is 16.3. The highest BCUT2D eigenvalue weighted by Gasteiger charge is 2.38. The summed E-state index contributed by atoms with van der Waals surface area (Å²) in [6, 6.07) is 17.1. The van der Waals surface area contributed by atoms with Crippen molar-refractivity contribution in [2.24, 2.45) is 11.8 Å². The first-order valence-electron chi connectivity index (χ1n) is 20.3. The molecule has 0 spiro atoms. The SMILES string of the molecule is COC(=O)N[C@@H](CC(C)C)C(=O)N1CCC[C@H]1c1ncc(-c2ccc3cc(-c4ccc5nc([C@@H]6CCCN6C(=O)[C@H](CC(C)C)NC(=O)OC)[nH]c5c4)ccc3c2)[nH]1. The third kappa shape index (κ3) is 8.65. The number of hydrogen-bond donors (Lipinski definition) is 4. The quantitative estimate of drug-likeness (QED) is 0.0998. The number of carbonyl (C=O) groups excluding carboxylic acids is 4. The van der Waals surface area contributed by atoms with Gasteiger partial charge >= 0.3 is 12.2 Å². The number of fused-ring (bicyclic) bond motifs is 2. The number of aromatic nitrogens is 4. The molecule has 2 fully saturated rings. The summed E-state index contributed by atoms with van der Waals surface area (Å²) in [7, 11) is 2.60. The van der Waals surface area contributed by atoms with Gasteiger partial charge in [0.05, 0.1) is 49.2 Å². The summed E-state index contributed by atoms with van der Waals surface area (Å²) < 4.78 is 9.61. The average Bonchev–Trinajstić information content (AvgIpc) is 4.05. The molecule has 306 valence electrons. The van der Waals surface area contributed by atoms with Gasteiger partial charge in [0.1, 0.15) is 23.7 Å². The zero-order chi connectivity index (χ0) is 41.1. The molecule has 4 amide bonds. The van der Waals surface area contributed by atoms with Crippen LogP contribution in [0.2, 0.25) is 0 Å². The van der Waals surface area contributed by atoms with Gasteiger partial charge in [0.25, 0.3) is 0 Å². The Bertz CT molecular complexity index is 2300. The van der Waals surface area contributed by atoms with Crippen molar-refractivity contribution in [3.05, 3.63) is 72.4 Å². The van der Waals surface area contributed by atoms with E-state index in [0.29, 0.717) is 25.9 Å². The molecule has 4 N–H and O–H groups in total. The van der Waals surface area contributed by atoms with Crippen molar-refractivity contribution >= 4 is 45.8 Å². The van der Waals surface area contributed by atoms with Gasteiger partial charge < -0.3 is 39.9 Å². The van der Waals surface area contributed by atoms with Crippen molar-refractivity contribution < 1.29 is 28.7 Å². The van der Waals surface area contributed by atoms with Gasteiger partial charge in [-0.2, -0.15) is 0 Å². The first kappa shape index (κ1) is 40.3. The molecular formula is C44H54N8O6. The van der Waals surface area contributed by atoms with Gasteiger partial charge in [-0.3, -0.25) is 9.59 Å². The van der Waals surface area contributed by atoms with Crippen LogP contribution in [0.3, 0.4) is 0 Å². The molecule has 58 heavy (non-hydrogen) atoms. The monoisotopic (exact) mass is 790 g/mol. The van der Waals surface area contributed by atoms with Gasteiger partial charge in [-0.05, 0) is 96.5 Å². The van der Waals surface area contributed by atoms with Gasteiger partial charge in [-0.15, -0.1) is 0 Å². The maximum atomic E-state index is 13.7. The molecule has 3 aromatic carbocycles. The zero-order valence-corrected chi connectivity index (χ0v) is 34.1. The molecule has 14 nitrogen and oxygen atoms in total. The normalized spacial score (nSPS) is 17.9. The molecule has 5 aromatic rings. The highest BCUT2D eigenvalue weighted by atomic mass is 16.5. The number of ether oxygens (including phenoxy) is 2. The van der Waals surface area contributed by atoms with Crippen molar-refractivity contribution in [2.45, 2.75) is 90.4 Å². The van der Waals surface area contributed by atoms with E-state index in [-0.39, 0.29) is 35.7 Å². The number of methoxy groups -OCH3 is 2. The second-order valence-electron chi connectivity index (χ2n) is 16.3. The molecule has 4 heterocycles. The Kier molecular flexibility index (Phi) is 12.0. The maximum absolute atomic E-state index is 13.7. The molecule has 14 heteroatoms. The van der Waals surface area contributed by atoms with Crippen LogP contribution in [0.5, 0.6) is 0 Å². The largest absolute Gasteiger partial charge is 0.453 e. The van der Waals surface area contributed by atoms with E-state index in [4.69, 9.17) is 19.4 Å². The number of amides is 4. The zero-order valence-electron chi connectivity index (χ0n) is 34.1. The standard InChI is InChI=1S/C44H54N8O6/c1-25(2)19-34(49-43(55)57-5)41(53)51-17-7-9-37(51)39-45-24-36(48-39)31-14-13-27-21-28(11-12-29(27)22-31)30-15-16-32-33(23-30)47-40(46-32)38-10-8-18-52(38)42(54)35(20-26(3)4)50-44(56)58-6/h11-16,21-26,34-35,37-38H,7-10,17-20H2,1-6H3,(H,45,48)(H,46,47)(H,49,55)(H,50,56)/t34-,35-,37-,38-/m0/s1. The lowest BCUT2D eigenvalue weighted by Gasteiger charge is -2.29. The highest BCUT2D eigenvalue weighted by molar-refractivity contribution is 5.92. The Morgan fingerprint density at radius 2 is 1.22 bits per heavy atom. The number of nitrogens with one attached hydrogen (secondary N) is 4. The molecule has 7 rings (SSSR count). The molecular weight excluding hydrogens is 737 g/mol. The van der Waals surface area contributed by atoms with E-state index in [0.717, 1.165) is 81.5 Å². The summed E-state index contributed by atoms with van der Waals surface area (Å²) in [5, 5.41) is 7.64. The van der Waals surface area contributed by atoms with Gasteiger partial charge in [0.15, 0.2) is 0 Å². The van der Waals surface area contributed by atoms with Crippen LogP contribution in [-0.4, -0.2) is 93.1 Å². The molecule has 0 aliphatic carbocycles. The molecule has 0 radical (unpaired) electrons. The van der Waals surface area contributed by atoms with E-state index in [1.54, 1.807) is 0 Å². The van der Waals surface area contributed by atoms with E-state index < -0.39 is 24.3 Å². The van der Waals surface area contributed by atoms with Crippen LogP contribution in [0.25, 0.3) is 44.2 Å². The topological polar surface area (TPSA) is 175 Å². The van der Waals surface area contributed by atoms with Crippen LogP contribution in [0, 0.1) is 11.8 Å². The van der Waals surface area contributed by atoms with Gasteiger partial charge in [0.2, 0.25) is 11.8 Å². The minimum absolute atomic E-state index is 0.121. The second kappa shape index (κ2) is 17.3. The van der Waals surface area contributed by atoms with Crippen LogP contribution >= 0.6 is 0 Å². The minimum Gasteiger partial charge on any atom is -0.453 e. The summed E-state index contributed by atoms with van der Waals surface area (Å²) in [6.45, 7) is 9.29. The fourth-order valence-electron chi connectivity index (χ4n) is 8.43. The molecule has 0 unspecified atom stereocenters. The number of likely N-dealkylation sites (tertiary alicyclic amines) is 2. The van der Waals surface area contributed by atoms with Crippen LogP contribution < -0.4 is 10.6 Å². The van der Waals surface area contributed by atoms with E-state index >= 15 is 0 Å². The Balaban J connectivity index is 1.07. The number of carbonyl (C=O) groups is 4. The molecule has 2 saturated heterocycles.